The first-order valence-corrected chi connectivity index (χ1v) is 15.5. The van der Waals surface area contributed by atoms with Gasteiger partial charge < -0.3 is 10.6 Å². The zero-order valence-corrected chi connectivity index (χ0v) is 24.6. The van der Waals surface area contributed by atoms with Crippen LogP contribution in [0.25, 0.3) is 5.65 Å². The third kappa shape index (κ3) is 5.68. The molecular weight excluding hydrogens is 615 g/mol. The standard InChI is InChI=1S/C30H31F5N8O3/c31-29(32)5-3-17(4-6-29)22(40-26(45)24-23(16-1-2-16)41-46-42-24)19-14-43-20(38-19)11-18(13-37-43)25(27(15-36)7-8-27)39-21(44)12-28(9-10-28)30(33,34)35/h11,13-14,16-17,22,25H,1-10,12H2,(H,39,44)(H,40,45)/t22-,25?/m0/s1. The van der Waals surface area contributed by atoms with Gasteiger partial charge >= 0.3 is 6.18 Å². The number of hydrogen-bond donors (Lipinski definition) is 2. The number of amides is 2. The minimum absolute atomic E-state index is 0.0427. The Labute approximate surface area is 259 Å². The first kappa shape index (κ1) is 30.5. The molecule has 11 nitrogen and oxygen atoms in total. The van der Waals surface area contributed by atoms with Gasteiger partial charge in [-0.3, -0.25) is 9.59 Å². The molecule has 0 spiro atoms. The molecule has 3 aromatic rings. The van der Waals surface area contributed by atoms with Crippen LogP contribution >= 0.6 is 0 Å². The van der Waals surface area contributed by atoms with Gasteiger partial charge in [0.05, 0.1) is 47.1 Å². The number of hydrogen-bond acceptors (Lipinski definition) is 8. The van der Waals surface area contributed by atoms with Crippen molar-refractivity contribution in [2.45, 2.75) is 101 Å². The maximum Gasteiger partial charge on any atom is 0.395 e. The van der Waals surface area contributed by atoms with Crippen LogP contribution in [0.5, 0.6) is 0 Å². The largest absolute Gasteiger partial charge is 0.395 e. The number of carbonyl (C=O) groups is 2. The van der Waals surface area contributed by atoms with E-state index in [1.807, 2.05) is 0 Å². The molecule has 46 heavy (non-hydrogen) atoms. The summed E-state index contributed by atoms with van der Waals surface area (Å²) in [6.45, 7) is 0. The van der Waals surface area contributed by atoms with E-state index in [1.54, 1.807) is 12.3 Å². The highest BCUT2D eigenvalue weighted by Crippen LogP contribution is 2.60. The summed E-state index contributed by atoms with van der Waals surface area (Å²) >= 11 is 0. The number of rotatable bonds is 10. The minimum Gasteiger partial charge on any atom is -0.348 e. The number of imidazole rings is 1. The summed E-state index contributed by atoms with van der Waals surface area (Å²) in [5.41, 5.74) is -1.48. The van der Waals surface area contributed by atoms with E-state index in [9.17, 15) is 36.8 Å². The fourth-order valence-electron chi connectivity index (χ4n) is 6.60. The Bertz CT molecular complexity index is 1710. The van der Waals surface area contributed by atoms with Gasteiger partial charge in [0.25, 0.3) is 5.91 Å². The molecule has 244 valence electrons. The van der Waals surface area contributed by atoms with Gasteiger partial charge in [-0.2, -0.15) is 23.5 Å². The molecule has 2 atom stereocenters. The number of halogens is 5. The highest BCUT2D eigenvalue weighted by Gasteiger charge is 2.64. The Morgan fingerprint density at radius 1 is 1.07 bits per heavy atom. The molecule has 0 bridgehead atoms. The second-order valence-electron chi connectivity index (χ2n) is 13.4. The molecular formula is C30H31F5N8O3. The van der Waals surface area contributed by atoms with Crippen LogP contribution in [0.15, 0.2) is 23.1 Å². The fourth-order valence-corrected chi connectivity index (χ4v) is 6.60. The number of alkyl halides is 5. The summed E-state index contributed by atoms with van der Waals surface area (Å²) < 4.78 is 75.0. The molecule has 3 aromatic heterocycles. The second kappa shape index (κ2) is 10.7. The van der Waals surface area contributed by atoms with Crippen molar-refractivity contribution in [1.82, 2.24) is 35.5 Å². The van der Waals surface area contributed by atoms with Gasteiger partial charge in [0.15, 0.2) is 11.3 Å². The lowest BCUT2D eigenvalue weighted by molar-refractivity contribution is -0.190. The van der Waals surface area contributed by atoms with Crippen molar-refractivity contribution in [3.63, 3.8) is 0 Å². The lowest BCUT2D eigenvalue weighted by atomic mass is 9.81. The fraction of sp³-hybridized carbons (Fsp3) is 0.633. The monoisotopic (exact) mass is 646 g/mol. The van der Waals surface area contributed by atoms with Gasteiger partial charge in [0.2, 0.25) is 11.8 Å². The predicted octanol–water partition coefficient (Wildman–Crippen LogP) is 5.48. The minimum atomic E-state index is -4.50. The Kier molecular flexibility index (Phi) is 7.09. The molecule has 0 radical (unpaired) electrons. The third-order valence-corrected chi connectivity index (χ3v) is 10.0. The quantitative estimate of drug-likeness (QED) is 0.275. The summed E-state index contributed by atoms with van der Waals surface area (Å²) in [6.07, 6.45) is -0.259. The van der Waals surface area contributed by atoms with Crippen LogP contribution < -0.4 is 10.6 Å². The van der Waals surface area contributed by atoms with Gasteiger partial charge in [-0.1, -0.05) is 5.16 Å². The first-order valence-electron chi connectivity index (χ1n) is 15.5. The number of nitriles is 1. The van der Waals surface area contributed by atoms with Crippen molar-refractivity contribution in [3.05, 3.63) is 41.1 Å². The molecule has 16 heteroatoms. The van der Waals surface area contributed by atoms with E-state index in [2.05, 4.69) is 37.1 Å². The van der Waals surface area contributed by atoms with Crippen molar-refractivity contribution < 1.29 is 36.2 Å². The van der Waals surface area contributed by atoms with Crippen LogP contribution in [0.1, 0.15) is 116 Å². The third-order valence-electron chi connectivity index (χ3n) is 10.0. The van der Waals surface area contributed by atoms with Crippen LogP contribution in [0.3, 0.4) is 0 Å². The summed E-state index contributed by atoms with van der Waals surface area (Å²) in [7, 11) is 0. The number of nitrogens with one attached hydrogen (secondary N) is 2. The van der Waals surface area contributed by atoms with E-state index in [0.717, 1.165) is 12.8 Å². The Balaban J connectivity index is 1.17. The number of nitrogens with zero attached hydrogens (tertiary/aromatic N) is 6. The first-order chi connectivity index (χ1) is 21.8. The van der Waals surface area contributed by atoms with Gasteiger partial charge in [0, 0.05) is 25.2 Å². The van der Waals surface area contributed by atoms with Crippen LogP contribution in [0.2, 0.25) is 0 Å². The van der Waals surface area contributed by atoms with Gasteiger partial charge in [0.1, 0.15) is 5.69 Å². The van der Waals surface area contributed by atoms with Crippen LogP contribution in [0, 0.1) is 28.1 Å². The molecule has 3 heterocycles. The van der Waals surface area contributed by atoms with E-state index in [-0.39, 0.29) is 61.7 Å². The van der Waals surface area contributed by atoms with E-state index in [1.165, 1.54) is 10.7 Å². The van der Waals surface area contributed by atoms with Crippen molar-refractivity contribution >= 4 is 17.5 Å². The lowest BCUT2D eigenvalue weighted by Gasteiger charge is -2.33. The van der Waals surface area contributed by atoms with E-state index in [4.69, 9.17) is 4.63 Å². The van der Waals surface area contributed by atoms with Crippen LogP contribution in [-0.4, -0.2) is 48.8 Å². The average molecular weight is 647 g/mol. The molecule has 0 saturated heterocycles. The molecule has 4 aliphatic carbocycles. The van der Waals surface area contributed by atoms with Crippen molar-refractivity contribution in [3.8, 4) is 6.07 Å². The molecule has 7 rings (SSSR count). The zero-order valence-electron chi connectivity index (χ0n) is 24.6. The highest BCUT2D eigenvalue weighted by atomic mass is 19.4. The molecule has 4 saturated carbocycles. The number of fused-ring (bicyclic) bond motifs is 1. The Morgan fingerprint density at radius 2 is 1.78 bits per heavy atom. The van der Waals surface area contributed by atoms with Gasteiger partial charge in [-0.25, -0.2) is 22.9 Å². The molecule has 4 fully saturated rings. The molecule has 4 aliphatic rings. The number of carbonyl (C=O) groups excluding carboxylic acids is 2. The summed E-state index contributed by atoms with van der Waals surface area (Å²) in [5, 5.41) is 27.6. The van der Waals surface area contributed by atoms with Crippen LogP contribution in [-0.2, 0) is 4.79 Å². The van der Waals surface area contributed by atoms with Crippen molar-refractivity contribution in [2.75, 3.05) is 0 Å². The van der Waals surface area contributed by atoms with E-state index < -0.39 is 53.2 Å². The molecule has 1 unspecified atom stereocenters. The van der Waals surface area contributed by atoms with E-state index >= 15 is 0 Å². The van der Waals surface area contributed by atoms with Crippen molar-refractivity contribution in [2.24, 2.45) is 16.7 Å². The smallest absolute Gasteiger partial charge is 0.348 e. The molecule has 0 aromatic carbocycles. The maximum atomic E-state index is 14.1. The average Bonchev–Trinajstić information content (AvgIpc) is 3.96. The zero-order chi connectivity index (χ0) is 32.5. The Hall–Kier alpha value is -4.16. The topological polar surface area (TPSA) is 151 Å². The molecule has 0 aliphatic heterocycles. The van der Waals surface area contributed by atoms with Gasteiger partial charge in [-0.15, -0.1) is 0 Å². The SMILES string of the molecule is N#CC1(C(NC(=O)CC2(C(F)(F)F)CC2)c2cnn3cc([C@@H](NC(=O)c4nonc4C4CC4)C4CCC(F)(F)CC4)nc3c2)CC1. The lowest BCUT2D eigenvalue weighted by Crippen LogP contribution is -2.38. The Morgan fingerprint density at radius 3 is 2.39 bits per heavy atom. The van der Waals surface area contributed by atoms with Gasteiger partial charge in [-0.05, 0) is 74.1 Å². The highest BCUT2D eigenvalue weighted by molar-refractivity contribution is 5.93. The normalized spacial score (nSPS) is 22.9. The molecule has 2 amide bonds. The number of aromatic nitrogens is 5. The molecule has 2 N–H and O–H groups in total. The predicted molar refractivity (Wildman–Crippen MR) is 147 cm³/mol. The van der Waals surface area contributed by atoms with Crippen LogP contribution in [0.4, 0.5) is 22.0 Å². The second-order valence-corrected chi connectivity index (χ2v) is 13.4. The maximum absolute atomic E-state index is 14.1. The van der Waals surface area contributed by atoms with E-state index in [0.29, 0.717) is 29.8 Å². The van der Waals surface area contributed by atoms with Crippen molar-refractivity contribution in [1.29, 1.82) is 5.26 Å². The summed E-state index contributed by atoms with van der Waals surface area (Å²) in [5.74, 6) is -4.45. The summed E-state index contributed by atoms with van der Waals surface area (Å²) in [6, 6.07) is 2.12. The summed E-state index contributed by atoms with van der Waals surface area (Å²) in [4.78, 5) is 30.9.